The number of halogens is 1. The van der Waals surface area contributed by atoms with Crippen LogP contribution >= 0.6 is 0 Å². The number of nitrogens with one attached hydrogen (secondary N) is 1. The number of aryl methyl sites for hydroxylation is 1. The van der Waals surface area contributed by atoms with Crippen molar-refractivity contribution in [3.8, 4) is 0 Å². The van der Waals surface area contributed by atoms with Crippen LogP contribution in [0.3, 0.4) is 0 Å². The minimum atomic E-state index is -0.162. The van der Waals surface area contributed by atoms with Crippen molar-refractivity contribution in [2.75, 3.05) is 0 Å². The molecule has 0 unspecified atom stereocenters. The fraction of sp³-hybridized carbons (Fsp3) is 0.286. The molecule has 1 rings (SSSR count). The van der Waals surface area contributed by atoms with Crippen molar-refractivity contribution >= 4 is 5.71 Å². The Kier molecular flexibility index (Phi) is 7.37. The smallest absolute Gasteiger partial charge is 0.126 e. The van der Waals surface area contributed by atoms with E-state index in [-0.39, 0.29) is 5.82 Å². The first-order valence-corrected chi connectivity index (χ1v) is 8.03. The van der Waals surface area contributed by atoms with E-state index in [9.17, 15) is 4.39 Å². The second kappa shape index (κ2) is 9.02. The van der Waals surface area contributed by atoms with Gasteiger partial charge in [-0.3, -0.25) is 4.99 Å². The maximum Gasteiger partial charge on any atom is 0.126 e. The van der Waals surface area contributed by atoms with Crippen LogP contribution in [0.25, 0.3) is 0 Å². The molecule has 0 heterocycles. The van der Waals surface area contributed by atoms with Crippen LogP contribution in [0.1, 0.15) is 38.8 Å². The third-order valence-corrected chi connectivity index (χ3v) is 3.64. The molecule has 0 atom stereocenters. The maximum absolute atomic E-state index is 13.6. The van der Waals surface area contributed by atoms with Crippen molar-refractivity contribution in [1.29, 1.82) is 0 Å². The summed E-state index contributed by atoms with van der Waals surface area (Å²) in [5, 5.41) is 3.26. The number of benzene rings is 1. The van der Waals surface area contributed by atoms with Gasteiger partial charge in [-0.05, 0) is 56.0 Å². The van der Waals surface area contributed by atoms with E-state index in [4.69, 9.17) is 0 Å². The van der Waals surface area contributed by atoms with E-state index in [0.29, 0.717) is 29.9 Å². The highest BCUT2D eigenvalue weighted by atomic mass is 19.1. The first-order chi connectivity index (χ1) is 11.2. The number of hydrogen-bond acceptors (Lipinski definition) is 2. The molecule has 0 saturated heterocycles. The first-order valence-electron chi connectivity index (χ1n) is 8.03. The van der Waals surface area contributed by atoms with Gasteiger partial charge in [-0.2, -0.15) is 0 Å². The summed E-state index contributed by atoms with van der Waals surface area (Å²) < 4.78 is 13.6. The summed E-state index contributed by atoms with van der Waals surface area (Å²) >= 11 is 0. The minimum Gasteiger partial charge on any atom is -0.380 e. The van der Waals surface area contributed by atoms with Crippen LogP contribution in [0, 0.1) is 5.82 Å². The van der Waals surface area contributed by atoms with Gasteiger partial charge in [0.15, 0.2) is 0 Å². The van der Waals surface area contributed by atoms with Crippen molar-refractivity contribution in [3.05, 3.63) is 83.5 Å². The van der Waals surface area contributed by atoms with Gasteiger partial charge in [0.05, 0.1) is 11.4 Å². The average Bonchev–Trinajstić information content (AvgIpc) is 2.52. The monoisotopic (exact) mass is 326 g/mol. The number of aliphatic imine (C=N–C) groups is 1. The number of allylic oxidation sites excluding steroid dienone is 4. The van der Waals surface area contributed by atoms with Gasteiger partial charge < -0.3 is 5.32 Å². The zero-order valence-electron chi connectivity index (χ0n) is 15.2. The van der Waals surface area contributed by atoms with Gasteiger partial charge in [0.1, 0.15) is 5.82 Å². The lowest BCUT2D eigenvalue weighted by Crippen LogP contribution is -2.18. The molecule has 128 valence electrons. The Morgan fingerprint density at radius 3 is 2.42 bits per heavy atom. The van der Waals surface area contributed by atoms with Gasteiger partial charge in [-0.25, -0.2) is 4.39 Å². The van der Waals surface area contributed by atoms with Gasteiger partial charge in [-0.1, -0.05) is 44.4 Å². The highest BCUT2D eigenvalue weighted by Gasteiger charge is 2.06. The summed E-state index contributed by atoms with van der Waals surface area (Å²) in [6, 6.07) is 5.16. The molecule has 0 spiro atoms. The fourth-order valence-corrected chi connectivity index (χ4v) is 2.03. The second-order valence-corrected chi connectivity index (χ2v) is 5.95. The molecule has 24 heavy (non-hydrogen) atoms. The Balaban J connectivity index is 2.92. The molecule has 0 fully saturated rings. The molecule has 0 aromatic heterocycles. The van der Waals surface area contributed by atoms with Crippen LogP contribution in [0.15, 0.2) is 71.5 Å². The summed E-state index contributed by atoms with van der Waals surface area (Å²) in [6.45, 7) is 20.1. The lowest BCUT2D eigenvalue weighted by molar-refractivity contribution is 0.610. The average molecular weight is 326 g/mol. The lowest BCUT2D eigenvalue weighted by atomic mass is 10.1. The van der Waals surface area contributed by atoms with E-state index < -0.39 is 0 Å². The zero-order valence-corrected chi connectivity index (χ0v) is 15.2. The molecule has 0 aliphatic heterocycles. The summed E-state index contributed by atoms with van der Waals surface area (Å²) in [6.07, 6.45) is 2.61. The quantitative estimate of drug-likeness (QED) is 0.496. The molecule has 2 nitrogen and oxygen atoms in total. The Morgan fingerprint density at radius 1 is 1.21 bits per heavy atom. The molecule has 0 bridgehead atoms. The summed E-state index contributed by atoms with van der Waals surface area (Å²) in [4.78, 5) is 4.44. The van der Waals surface area contributed by atoms with Crippen molar-refractivity contribution in [2.24, 2.45) is 4.99 Å². The summed E-state index contributed by atoms with van der Waals surface area (Å²) in [5.41, 5.74) is 5.85. The van der Waals surface area contributed by atoms with Crippen molar-refractivity contribution < 1.29 is 4.39 Å². The molecular weight excluding hydrogens is 299 g/mol. The highest BCUT2D eigenvalue weighted by Crippen LogP contribution is 2.13. The van der Waals surface area contributed by atoms with Crippen LogP contribution in [-0.4, -0.2) is 5.71 Å². The molecule has 0 amide bonds. The summed E-state index contributed by atoms with van der Waals surface area (Å²) in [7, 11) is 0. The second-order valence-electron chi connectivity index (χ2n) is 5.95. The van der Waals surface area contributed by atoms with Gasteiger partial charge in [0.25, 0.3) is 0 Å². The predicted molar refractivity (Wildman–Crippen MR) is 103 cm³/mol. The molecule has 3 heteroatoms. The van der Waals surface area contributed by atoms with Gasteiger partial charge in [0, 0.05) is 12.2 Å². The first kappa shape index (κ1) is 19.6. The largest absolute Gasteiger partial charge is 0.380 e. The van der Waals surface area contributed by atoms with Crippen LogP contribution in [0.4, 0.5) is 4.39 Å². The van der Waals surface area contributed by atoms with Gasteiger partial charge in [-0.15, -0.1) is 0 Å². The topological polar surface area (TPSA) is 24.4 Å². The Bertz CT molecular complexity index is 709. The maximum atomic E-state index is 13.6. The summed E-state index contributed by atoms with van der Waals surface area (Å²) in [5.74, 6) is -0.162. The molecule has 0 radical (unpaired) electrons. The van der Waals surface area contributed by atoms with Crippen molar-refractivity contribution in [1.82, 2.24) is 5.32 Å². The highest BCUT2D eigenvalue weighted by molar-refractivity contribution is 6.08. The lowest BCUT2D eigenvalue weighted by Gasteiger charge is -2.12. The van der Waals surface area contributed by atoms with E-state index in [1.807, 2.05) is 39.8 Å². The molecule has 0 aliphatic rings. The van der Waals surface area contributed by atoms with Crippen molar-refractivity contribution in [3.63, 3.8) is 0 Å². The zero-order chi connectivity index (χ0) is 18.3. The third kappa shape index (κ3) is 5.99. The van der Waals surface area contributed by atoms with Crippen LogP contribution < -0.4 is 5.32 Å². The van der Waals surface area contributed by atoms with Crippen LogP contribution in [-0.2, 0) is 13.0 Å². The normalized spacial score (nSPS) is 12.0. The molecule has 1 aromatic carbocycles. The number of rotatable bonds is 8. The molecule has 0 aliphatic carbocycles. The molecular formula is C21H27FN2. The van der Waals surface area contributed by atoms with E-state index in [2.05, 4.69) is 30.0 Å². The minimum absolute atomic E-state index is 0.162. The fourth-order valence-electron chi connectivity index (χ4n) is 2.03. The Labute approximate surface area is 145 Å². The van der Waals surface area contributed by atoms with Crippen LogP contribution in [0.5, 0.6) is 0 Å². The van der Waals surface area contributed by atoms with Gasteiger partial charge in [0.2, 0.25) is 0 Å². The third-order valence-electron chi connectivity index (χ3n) is 3.64. The SMILES string of the molecule is C=C(C)N=C(/C=C(\C)C(=C)C)C(=C)NCc1ccc(F)c(CC)c1. The Morgan fingerprint density at radius 2 is 1.88 bits per heavy atom. The van der Waals surface area contributed by atoms with Crippen molar-refractivity contribution in [2.45, 2.75) is 40.7 Å². The number of hydrogen-bond donors (Lipinski definition) is 1. The van der Waals surface area contributed by atoms with E-state index in [1.165, 1.54) is 6.07 Å². The molecule has 1 N–H and O–H groups in total. The molecule has 1 aromatic rings. The predicted octanol–water partition coefficient (Wildman–Crippen LogP) is 5.49. The van der Waals surface area contributed by atoms with Crippen LogP contribution in [0.2, 0.25) is 0 Å². The standard InChI is InChI=1S/C21H27FN2/c1-8-19-12-18(9-10-20(19)22)13-23-17(7)21(24-15(4)5)11-16(6)14(2)3/h9-12,23H,2,4,7-8,13H2,1,3,5-6H3/b16-11+,24-21?. The van der Waals surface area contributed by atoms with E-state index in [0.717, 1.165) is 22.4 Å². The number of nitrogens with zero attached hydrogens (tertiary/aromatic N) is 1. The van der Waals surface area contributed by atoms with E-state index >= 15 is 0 Å². The van der Waals surface area contributed by atoms with Gasteiger partial charge >= 0.3 is 0 Å². The Hall–Kier alpha value is -2.42. The van der Waals surface area contributed by atoms with E-state index in [1.54, 1.807) is 6.07 Å². The molecule has 0 saturated carbocycles.